The molecule has 1 aromatic carbocycles. The first kappa shape index (κ1) is 15.8. The summed E-state index contributed by atoms with van der Waals surface area (Å²) in [6.07, 6.45) is -1.37. The normalized spacial score (nSPS) is 11.9. The quantitative estimate of drug-likeness (QED) is 0.838. The molecule has 5 nitrogen and oxygen atoms in total. The van der Waals surface area contributed by atoms with Crippen LogP contribution in [0, 0.1) is 6.92 Å². The van der Waals surface area contributed by atoms with E-state index in [4.69, 9.17) is 14.2 Å². The van der Waals surface area contributed by atoms with Gasteiger partial charge in [-0.05, 0) is 19.9 Å². The van der Waals surface area contributed by atoms with Gasteiger partial charge in [-0.3, -0.25) is 0 Å². The second kappa shape index (κ2) is 6.77. The molecule has 1 unspecified atom stereocenters. The minimum Gasteiger partial charge on any atom is -0.493 e. The second-order valence-electron chi connectivity index (χ2n) is 3.79. The molecular weight excluding hydrogens is 316 g/mol. The maximum atomic E-state index is 11.6. The number of aliphatic hydroxyl groups is 1. The summed E-state index contributed by atoms with van der Waals surface area (Å²) in [5.74, 6) is 0.300. The van der Waals surface area contributed by atoms with Gasteiger partial charge in [0.05, 0.1) is 20.8 Å². The van der Waals surface area contributed by atoms with Gasteiger partial charge in [0.25, 0.3) is 0 Å². The number of carbonyl (C=O) groups is 1. The Labute approximate surface area is 120 Å². The maximum Gasteiger partial charge on any atom is 0.339 e. The van der Waals surface area contributed by atoms with Crippen LogP contribution in [0.4, 0.5) is 0 Å². The minimum atomic E-state index is -1.37. The van der Waals surface area contributed by atoms with E-state index in [-0.39, 0.29) is 6.61 Å². The zero-order chi connectivity index (χ0) is 14.6. The molecule has 0 spiro atoms. The number of methoxy groups -OCH3 is 2. The van der Waals surface area contributed by atoms with Crippen LogP contribution in [0.25, 0.3) is 0 Å². The molecule has 0 amide bonds. The Morgan fingerprint density at radius 1 is 1.42 bits per heavy atom. The topological polar surface area (TPSA) is 65.0 Å². The van der Waals surface area contributed by atoms with Gasteiger partial charge in [0, 0.05) is 15.6 Å². The Balaban J connectivity index is 3.32. The Morgan fingerprint density at radius 3 is 2.53 bits per heavy atom. The highest BCUT2D eigenvalue weighted by molar-refractivity contribution is 9.10. The van der Waals surface area contributed by atoms with Crippen molar-refractivity contribution >= 4 is 21.9 Å². The van der Waals surface area contributed by atoms with Crippen LogP contribution in [0.15, 0.2) is 10.5 Å². The van der Waals surface area contributed by atoms with Crippen LogP contribution in [0.2, 0.25) is 0 Å². The summed E-state index contributed by atoms with van der Waals surface area (Å²) in [6, 6.07) is 1.64. The summed E-state index contributed by atoms with van der Waals surface area (Å²) < 4.78 is 15.8. The largest absolute Gasteiger partial charge is 0.493 e. The third-order valence-corrected chi connectivity index (χ3v) is 3.35. The van der Waals surface area contributed by atoms with Crippen molar-refractivity contribution in [2.75, 3.05) is 20.8 Å². The molecule has 0 aliphatic rings. The number of hydrogen-bond acceptors (Lipinski definition) is 5. The molecule has 0 fully saturated rings. The number of esters is 1. The fourth-order valence-corrected chi connectivity index (χ4v) is 2.55. The van der Waals surface area contributed by atoms with Crippen LogP contribution in [0.1, 0.15) is 24.2 Å². The average molecular weight is 333 g/mol. The van der Waals surface area contributed by atoms with E-state index in [1.807, 2.05) is 0 Å². The number of hydrogen-bond donors (Lipinski definition) is 1. The van der Waals surface area contributed by atoms with Gasteiger partial charge < -0.3 is 19.3 Å². The second-order valence-corrected chi connectivity index (χ2v) is 4.64. The molecule has 1 atom stereocenters. The Hall–Kier alpha value is -1.27. The molecule has 106 valence electrons. The smallest absolute Gasteiger partial charge is 0.339 e. The number of rotatable bonds is 5. The molecule has 0 heterocycles. The van der Waals surface area contributed by atoms with Gasteiger partial charge in [-0.25, -0.2) is 4.79 Å². The zero-order valence-corrected chi connectivity index (χ0v) is 12.9. The molecule has 0 radical (unpaired) electrons. The predicted octanol–water partition coefficient (Wildman–Crippen LogP) is 2.37. The van der Waals surface area contributed by atoms with Gasteiger partial charge in [-0.2, -0.15) is 0 Å². The van der Waals surface area contributed by atoms with Crippen LogP contribution in [-0.2, 0) is 9.53 Å². The molecule has 0 saturated carbocycles. The predicted molar refractivity (Wildman–Crippen MR) is 73.6 cm³/mol. The number of carbonyl (C=O) groups excluding carboxylic acids is 1. The van der Waals surface area contributed by atoms with E-state index in [0.29, 0.717) is 27.1 Å². The number of aliphatic hydroxyl groups excluding tert-OH is 1. The summed E-state index contributed by atoms with van der Waals surface area (Å²) in [5.41, 5.74) is 1.03. The third kappa shape index (κ3) is 3.19. The molecule has 0 saturated heterocycles. The molecule has 1 aromatic rings. The molecule has 6 heteroatoms. The van der Waals surface area contributed by atoms with Crippen LogP contribution < -0.4 is 9.47 Å². The van der Waals surface area contributed by atoms with Gasteiger partial charge in [0.2, 0.25) is 0 Å². The van der Waals surface area contributed by atoms with E-state index < -0.39 is 12.1 Å². The molecule has 0 bridgehead atoms. The highest BCUT2D eigenvalue weighted by Crippen LogP contribution is 2.40. The molecule has 0 aromatic heterocycles. The van der Waals surface area contributed by atoms with Crippen LogP contribution in [-0.4, -0.2) is 31.9 Å². The molecule has 1 N–H and O–H groups in total. The SMILES string of the molecule is CCOC(=O)C(O)c1c(Br)cc(OC)c(OC)c1C. The van der Waals surface area contributed by atoms with E-state index >= 15 is 0 Å². The number of halogens is 1. The van der Waals surface area contributed by atoms with E-state index in [1.165, 1.54) is 14.2 Å². The molecule has 1 rings (SSSR count). The Kier molecular flexibility index (Phi) is 5.62. The van der Waals surface area contributed by atoms with E-state index in [1.54, 1.807) is 19.9 Å². The zero-order valence-electron chi connectivity index (χ0n) is 11.3. The maximum absolute atomic E-state index is 11.6. The fourth-order valence-electron chi connectivity index (χ4n) is 1.82. The van der Waals surface area contributed by atoms with E-state index in [0.717, 1.165) is 0 Å². The van der Waals surface area contributed by atoms with Gasteiger partial charge in [-0.1, -0.05) is 15.9 Å². The van der Waals surface area contributed by atoms with Crippen molar-refractivity contribution in [2.45, 2.75) is 20.0 Å². The van der Waals surface area contributed by atoms with E-state index in [9.17, 15) is 9.90 Å². The first-order valence-corrected chi connectivity index (χ1v) is 6.52. The molecule has 19 heavy (non-hydrogen) atoms. The highest BCUT2D eigenvalue weighted by atomic mass is 79.9. The van der Waals surface area contributed by atoms with Crippen molar-refractivity contribution in [1.29, 1.82) is 0 Å². The standard InChI is InChI=1S/C13H17BrO5/c1-5-19-13(16)11(15)10-7(2)12(18-4)9(17-3)6-8(10)14/h6,11,15H,5H2,1-4H3. The molecular formula is C13H17BrO5. The lowest BCUT2D eigenvalue weighted by atomic mass is 10.0. The number of benzene rings is 1. The first-order chi connectivity index (χ1) is 8.97. The molecule has 0 aliphatic heterocycles. The lowest BCUT2D eigenvalue weighted by molar-refractivity contribution is -0.153. The fraction of sp³-hybridized carbons (Fsp3) is 0.462. The van der Waals surface area contributed by atoms with E-state index in [2.05, 4.69) is 15.9 Å². The highest BCUT2D eigenvalue weighted by Gasteiger charge is 2.26. The van der Waals surface area contributed by atoms with Crippen molar-refractivity contribution < 1.29 is 24.1 Å². The summed E-state index contributed by atoms with van der Waals surface area (Å²) >= 11 is 3.32. The average Bonchev–Trinajstić information content (AvgIpc) is 2.38. The summed E-state index contributed by atoms with van der Waals surface area (Å²) in [5, 5.41) is 10.1. The van der Waals surface area contributed by atoms with Gasteiger partial charge in [0.15, 0.2) is 17.6 Å². The lowest BCUT2D eigenvalue weighted by Gasteiger charge is -2.19. The Bertz CT molecular complexity index is 473. The van der Waals surface area contributed by atoms with Gasteiger partial charge in [0.1, 0.15) is 0 Å². The van der Waals surface area contributed by atoms with Crippen molar-refractivity contribution in [3.8, 4) is 11.5 Å². The third-order valence-electron chi connectivity index (χ3n) is 2.69. The van der Waals surface area contributed by atoms with Gasteiger partial charge >= 0.3 is 5.97 Å². The van der Waals surface area contributed by atoms with Crippen molar-refractivity contribution in [2.24, 2.45) is 0 Å². The van der Waals surface area contributed by atoms with Crippen molar-refractivity contribution in [3.05, 3.63) is 21.7 Å². The van der Waals surface area contributed by atoms with Crippen LogP contribution in [0.3, 0.4) is 0 Å². The molecule has 0 aliphatic carbocycles. The summed E-state index contributed by atoms with van der Waals surface area (Å²) in [7, 11) is 3.02. The monoisotopic (exact) mass is 332 g/mol. The van der Waals surface area contributed by atoms with Gasteiger partial charge in [-0.15, -0.1) is 0 Å². The first-order valence-electron chi connectivity index (χ1n) is 5.73. The van der Waals surface area contributed by atoms with Crippen LogP contribution >= 0.6 is 15.9 Å². The summed E-state index contributed by atoms with van der Waals surface area (Å²) in [4.78, 5) is 11.6. The minimum absolute atomic E-state index is 0.208. The van der Waals surface area contributed by atoms with Crippen molar-refractivity contribution in [3.63, 3.8) is 0 Å². The number of ether oxygens (including phenoxy) is 3. The Morgan fingerprint density at radius 2 is 2.05 bits per heavy atom. The summed E-state index contributed by atoms with van der Waals surface area (Å²) in [6.45, 7) is 3.63. The van der Waals surface area contributed by atoms with Crippen molar-refractivity contribution in [1.82, 2.24) is 0 Å². The lowest BCUT2D eigenvalue weighted by Crippen LogP contribution is -2.17. The van der Waals surface area contributed by atoms with Crippen LogP contribution in [0.5, 0.6) is 11.5 Å².